The van der Waals surface area contributed by atoms with Crippen molar-refractivity contribution in [2.75, 3.05) is 0 Å². The van der Waals surface area contributed by atoms with Crippen LogP contribution < -0.4 is 9.47 Å². The smallest absolute Gasteiger partial charge is 0.481 e. The van der Waals surface area contributed by atoms with E-state index in [1.807, 2.05) is 0 Å². The van der Waals surface area contributed by atoms with E-state index in [1.165, 1.54) is 0 Å². The molecule has 0 radical (unpaired) electrons. The number of hydrogen-bond acceptors (Lipinski definition) is 3. The molecule has 2 rings (SSSR count). The van der Waals surface area contributed by atoms with Gasteiger partial charge in [0.05, 0.1) is 0 Å². The summed E-state index contributed by atoms with van der Waals surface area (Å²) in [6.45, 7) is 0. The second kappa shape index (κ2) is 6.99. The second-order valence-electron chi connectivity index (χ2n) is 5.55. The van der Waals surface area contributed by atoms with Gasteiger partial charge in [-0.25, -0.2) is 0 Å². The van der Waals surface area contributed by atoms with Gasteiger partial charge in [-0.1, -0.05) is 18.2 Å². The van der Waals surface area contributed by atoms with Gasteiger partial charge in [-0.15, -0.1) is 13.2 Å². The maximum Gasteiger partial charge on any atom is 0.573 e. The van der Waals surface area contributed by atoms with Crippen LogP contribution >= 0.6 is 0 Å². The minimum atomic E-state index is -6.18. The summed E-state index contributed by atoms with van der Waals surface area (Å²) in [5.41, 5.74) is -3.71. The van der Waals surface area contributed by atoms with Gasteiger partial charge in [0, 0.05) is 0 Å². The highest BCUT2D eigenvalue weighted by molar-refractivity contribution is 5.75. The first kappa shape index (κ1) is 21.5. The lowest BCUT2D eigenvalue weighted by atomic mass is 9.78. The number of carboxylic acid groups (broad SMARTS) is 1. The van der Waals surface area contributed by atoms with Crippen molar-refractivity contribution in [3.63, 3.8) is 0 Å². The molecular weight excluding hydrogens is 408 g/mol. The van der Waals surface area contributed by atoms with Crippen molar-refractivity contribution in [2.24, 2.45) is 5.92 Å². The third-order valence-electron chi connectivity index (χ3n) is 3.68. The Labute approximate surface area is 151 Å². The first-order chi connectivity index (χ1) is 12.7. The molecule has 12 heteroatoms. The predicted octanol–water partition coefficient (Wildman–Crippen LogP) is 4.73. The summed E-state index contributed by atoms with van der Waals surface area (Å²) in [6, 6.07) is 2.50. The highest BCUT2D eigenvalue weighted by atomic mass is 19.4. The third-order valence-corrected chi connectivity index (χ3v) is 3.68. The van der Waals surface area contributed by atoms with Crippen LogP contribution in [-0.4, -0.2) is 35.1 Å². The molecule has 4 nitrogen and oxygen atoms in total. The number of halogens is 8. The van der Waals surface area contributed by atoms with Gasteiger partial charge >= 0.3 is 24.4 Å². The van der Waals surface area contributed by atoms with Crippen LogP contribution in [0, 0.1) is 5.92 Å². The van der Waals surface area contributed by atoms with Crippen LogP contribution in [0.2, 0.25) is 0 Å². The molecule has 2 unspecified atom stereocenters. The van der Waals surface area contributed by atoms with Gasteiger partial charge in [-0.05, 0) is 30.3 Å². The van der Waals surface area contributed by atoms with Crippen molar-refractivity contribution in [1.82, 2.24) is 0 Å². The first-order valence-corrected chi connectivity index (χ1v) is 7.28. The molecular formula is C16H10F8O4. The highest BCUT2D eigenvalue weighted by Crippen LogP contribution is 2.51. The van der Waals surface area contributed by atoms with Crippen molar-refractivity contribution in [1.29, 1.82) is 0 Å². The molecule has 0 fully saturated rings. The quantitative estimate of drug-likeness (QED) is 0.703. The van der Waals surface area contributed by atoms with Crippen LogP contribution in [-0.2, 0) is 4.79 Å². The number of carbonyl (C=O) groups is 1. The van der Waals surface area contributed by atoms with Gasteiger partial charge < -0.3 is 14.6 Å². The fourth-order valence-electron chi connectivity index (χ4n) is 2.47. The average Bonchev–Trinajstić information content (AvgIpc) is 2.54. The van der Waals surface area contributed by atoms with Crippen LogP contribution in [0.4, 0.5) is 35.1 Å². The van der Waals surface area contributed by atoms with E-state index >= 15 is 0 Å². The van der Waals surface area contributed by atoms with Crippen molar-refractivity contribution < 1.29 is 54.5 Å². The molecule has 1 N–H and O–H groups in total. The molecule has 1 aliphatic carbocycles. The van der Waals surface area contributed by atoms with E-state index in [2.05, 4.69) is 4.74 Å². The first-order valence-electron chi connectivity index (χ1n) is 7.28. The molecule has 0 heterocycles. The van der Waals surface area contributed by atoms with Gasteiger partial charge in [0.1, 0.15) is 17.4 Å². The summed E-state index contributed by atoms with van der Waals surface area (Å²) in [5.74, 6) is -11.7. The number of rotatable bonds is 5. The Morgan fingerprint density at radius 2 is 1.46 bits per heavy atom. The number of allylic oxidation sites excluding steroid dienone is 2. The molecule has 28 heavy (non-hydrogen) atoms. The normalized spacial score (nSPS) is 22.8. The van der Waals surface area contributed by atoms with Gasteiger partial charge in [0.2, 0.25) is 5.60 Å². The molecule has 154 valence electrons. The predicted molar refractivity (Wildman–Crippen MR) is 76.9 cm³/mol. The number of aliphatic carboxylic acids is 1. The monoisotopic (exact) mass is 418 g/mol. The Bertz CT molecular complexity index is 779. The molecule has 1 aromatic carbocycles. The summed E-state index contributed by atoms with van der Waals surface area (Å²) < 4.78 is 112. The number of benzene rings is 1. The molecule has 0 saturated heterocycles. The van der Waals surface area contributed by atoms with Crippen LogP contribution in [0.1, 0.15) is 0 Å². The largest absolute Gasteiger partial charge is 0.573 e. The second-order valence-corrected chi connectivity index (χ2v) is 5.55. The van der Waals surface area contributed by atoms with Crippen molar-refractivity contribution in [2.45, 2.75) is 24.1 Å². The standard InChI is InChI=1S/C16H10F8O4/c17-14(18,15(19,20)21)13(8-2-1-3-11(13)12(25)26)27-9-4-6-10(7-5-9)28-16(22,23)24/h1-8,11H,(H,25,26). The van der Waals surface area contributed by atoms with Crippen molar-refractivity contribution >= 4 is 5.97 Å². The number of hydrogen-bond donors (Lipinski definition) is 1. The Hall–Kier alpha value is -2.79. The van der Waals surface area contributed by atoms with Gasteiger partial charge in [-0.2, -0.15) is 22.0 Å². The summed E-state index contributed by atoms with van der Waals surface area (Å²) in [7, 11) is 0. The molecule has 0 bridgehead atoms. The van der Waals surface area contributed by atoms with Crippen LogP contribution in [0.15, 0.2) is 48.6 Å². The number of carboxylic acids is 1. The fraction of sp³-hybridized carbons (Fsp3) is 0.312. The van der Waals surface area contributed by atoms with E-state index in [0.29, 0.717) is 30.3 Å². The summed E-state index contributed by atoms with van der Waals surface area (Å²) in [6.07, 6.45) is -8.70. The SMILES string of the molecule is O=C(O)C1C=CC=CC1(Oc1ccc(OC(F)(F)F)cc1)C(F)(F)C(F)(F)F. The lowest BCUT2D eigenvalue weighted by Gasteiger charge is -2.42. The Balaban J connectivity index is 2.48. The van der Waals surface area contributed by atoms with E-state index in [1.54, 1.807) is 0 Å². The third kappa shape index (κ3) is 4.04. The zero-order valence-electron chi connectivity index (χ0n) is 13.4. The number of ether oxygens (including phenoxy) is 2. The van der Waals surface area contributed by atoms with Crippen LogP contribution in [0.5, 0.6) is 11.5 Å². The Morgan fingerprint density at radius 3 is 1.93 bits per heavy atom. The molecule has 0 aliphatic heterocycles. The summed E-state index contributed by atoms with van der Waals surface area (Å²) in [5, 5.41) is 9.14. The molecule has 0 aromatic heterocycles. The van der Waals surface area contributed by atoms with E-state index < -0.39 is 47.4 Å². The van der Waals surface area contributed by atoms with E-state index in [0.717, 1.165) is 12.2 Å². The maximum atomic E-state index is 14.3. The average molecular weight is 418 g/mol. The maximum absolute atomic E-state index is 14.3. The zero-order chi connectivity index (χ0) is 21.4. The lowest BCUT2D eigenvalue weighted by molar-refractivity contribution is -0.331. The highest BCUT2D eigenvalue weighted by Gasteiger charge is 2.74. The lowest BCUT2D eigenvalue weighted by Crippen LogP contribution is -2.64. The number of alkyl halides is 8. The van der Waals surface area contributed by atoms with Crippen LogP contribution in [0.25, 0.3) is 0 Å². The Kier molecular flexibility index (Phi) is 5.37. The Morgan fingerprint density at radius 1 is 0.929 bits per heavy atom. The zero-order valence-corrected chi connectivity index (χ0v) is 13.4. The minimum Gasteiger partial charge on any atom is -0.481 e. The molecule has 0 amide bonds. The van der Waals surface area contributed by atoms with E-state index in [4.69, 9.17) is 9.84 Å². The van der Waals surface area contributed by atoms with Crippen molar-refractivity contribution in [3.05, 3.63) is 48.6 Å². The summed E-state index contributed by atoms with van der Waals surface area (Å²) in [4.78, 5) is 11.3. The fourth-order valence-corrected chi connectivity index (χ4v) is 2.47. The van der Waals surface area contributed by atoms with Crippen molar-refractivity contribution in [3.8, 4) is 11.5 Å². The molecule has 1 aromatic rings. The molecule has 0 saturated carbocycles. The van der Waals surface area contributed by atoms with Crippen LogP contribution in [0.3, 0.4) is 0 Å². The van der Waals surface area contributed by atoms with E-state index in [-0.39, 0.29) is 6.08 Å². The molecule has 2 atom stereocenters. The molecule has 1 aliphatic rings. The minimum absolute atomic E-state index is 0.249. The van der Waals surface area contributed by atoms with Gasteiger partial charge in [0.15, 0.2) is 0 Å². The van der Waals surface area contributed by atoms with Gasteiger partial charge in [-0.3, -0.25) is 4.79 Å². The summed E-state index contributed by atoms with van der Waals surface area (Å²) >= 11 is 0. The molecule has 0 spiro atoms. The topological polar surface area (TPSA) is 55.8 Å². The van der Waals surface area contributed by atoms with E-state index in [9.17, 15) is 39.9 Å². The van der Waals surface area contributed by atoms with Gasteiger partial charge in [0.25, 0.3) is 0 Å².